The van der Waals surface area contributed by atoms with Gasteiger partial charge in [-0.05, 0) is 36.1 Å². The van der Waals surface area contributed by atoms with Gasteiger partial charge in [0.2, 0.25) is 0 Å². The fraction of sp³-hybridized carbons (Fsp3) is 0.222. The zero-order valence-electron chi connectivity index (χ0n) is 11.4. The summed E-state index contributed by atoms with van der Waals surface area (Å²) in [6.45, 7) is 0. The zero-order chi connectivity index (χ0) is 14.2. The molecule has 1 aliphatic rings. The summed E-state index contributed by atoms with van der Waals surface area (Å²) in [5, 5.41) is 11.1. The molecule has 0 heterocycles. The molecule has 20 heavy (non-hydrogen) atoms. The SMILES string of the molecule is C#CC1(O)c2ccccc2CCc2ccc(OC)cc21. The van der Waals surface area contributed by atoms with Gasteiger partial charge in [-0.2, -0.15) is 0 Å². The van der Waals surface area contributed by atoms with Gasteiger partial charge in [0.05, 0.1) is 7.11 Å². The van der Waals surface area contributed by atoms with Crippen LogP contribution < -0.4 is 4.74 Å². The molecule has 1 aliphatic carbocycles. The van der Waals surface area contributed by atoms with E-state index in [0.29, 0.717) is 5.75 Å². The maximum absolute atomic E-state index is 11.1. The van der Waals surface area contributed by atoms with Gasteiger partial charge in [-0.3, -0.25) is 0 Å². The van der Waals surface area contributed by atoms with Gasteiger partial charge >= 0.3 is 0 Å². The molecule has 0 amide bonds. The van der Waals surface area contributed by atoms with Gasteiger partial charge in [0.25, 0.3) is 0 Å². The second-order valence-corrected chi connectivity index (χ2v) is 5.03. The first kappa shape index (κ1) is 12.8. The van der Waals surface area contributed by atoms with E-state index in [0.717, 1.165) is 35.1 Å². The van der Waals surface area contributed by atoms with Crippen LogP contribution in [0, 0.1) is 12.3 Å². The van der Waals surface area contributed by atoms with Crippen LogP contribution >= 0.6 is 0 Å². The monoisotopic (exact) mass is 264 g/mol. The average molecular weight is 264 g/mol. The number of hydrogen-bond donors (Lipinski definition) is 1. The molecule has 1 N–H and O–H groups in total. The summed E-state index contributed by atoms with van der Waals surface area (Å²) in [7, 11) is 1.61. The van der Waals surface area contributed by atoms with Crippen LogP contribution in [0.25, 0.3) is 0 Å². The van der Waals surface area contributed by atoms with E-state index < -0.39 is 5.60 Å². The molecule has 100 valence electrons. The maximum atomic E-state index is 11.1. The van der Waals surface area contributed by atoms with E-state index in [-0.39, 0.29) is 0 Å². The summed E-state index contributed by atoms with van der Waals surface area (Å²) < 4.78 is 5.27. The van der Waals surface area contributed by atoms with Crippen molar-refractivity contribution >= 4 is 0 Å². The second-order valence-electron chi connectivity index (χ2n) is 5.03. The number of benzene rings is 2. The highest BCUT2D eigenvalue weighted by atomic mass is 16.5. The Bertz CT molecular complexity index is 697. The number of aryl methyl sites for hydroxylation is 2. The average Bonchev–Trinajstić information content (AvgIpc) is 2.63. The summed E-state index contributed by atoms with van der Waals surface area (Å²) in [5.41, 5.74) is 2.33. The summed E-state index contributed by atoms with van der Waals surface area (Å²) in [5.74, 6) is 3.29. The fourth-order valence-corrected chi connectivity index (χ4v) is 2.90. The first-order valence-electron chi connectivity index (χ1n) is 6.65. The standard InChI is InChI=1S/C18H16O2/c1-3-18(19)16-7-5-4-6-13(16)8-9-14-10-11-15(20-2)12-17(14)18/h1,4-7,10-12,19H,8-9H2,2H3. The molecular weight excluding hydrogens is 248 g/mol. The lowest BCUT2D eigenvalue weighted by Gasteiger charge is -2.25. The third-order valence-electron chi connectivity index (χ3n) is 3.99. The fourth-order valence-electron chi connectivity index (χ4n) is 2.90. The van der Waals surface area contributed by atoms with E-state index in [1.54, 1.807) is 7.11 Å². The van der Waals surface area contributed by atoms with Crippen LogP contribution in [-0.2, 0) is 18.4 Å². The number of rotatable bonds is 1. The van der Waals surface area contributed by atoms with E-state index in [9.17, 15) is 5.11 Å². The lowest BCUT2D eigenvalue weighted by Crippen LogP contribution is -2.26. The van der Waals surface area contributed by atoms with Gasteiger partial charge in [-0.25, -0.2) is 0 Å². The lowest BCUT2D eigenvalue weighted by molar-refractivity contribution is 0.144. The molecule has 2 nitrogen and oxygen atoms in total. The first-order chi connectivity index (χ1) is 9.69. The second kappa shape index (κ2) is 4.70. The molecule has 3 rings (SSSR count). The van der Waals surface area contributed by atoms with Crippen molar-refractivity contribution in [2.75, 3.05) is 7.11 Å². The molecule has 0 aromatic heterocycles. The molecule has 0 fully saturated rings. The van der Waals surface area contributed by atoms with Crippen molar-refractivity contribution < 1.29 is 9.84 Å². The predicted octanol–water partition coefficient (Wildman–Crippen LogP) is 2.66. The minimum atomic E-state index is -1.39. The normalized spacial score (nSPS) is 20.2. The molecule has 1 atom stereocenters. The van der Waals surface area contributed by atoms with Crippen LogP contribution in [0.1, 0.15) is 22.3 Å². The molecule has 0 bridgehead atoms. The molecular formula is C18H16O2. The van der Waals surface area contributed by atoms with Crippen molar-refractivity contribution in [3.8, 4) is 18.1 Å². The van der Waals surface area contributed by atoms with Gasteiger partial charge < -0.3 is 9.84 Å². The first-order valence-corrected chi connectivity index (χ1v) is 6.65. The molecule has 1 unspecified atom stereocenters. The summed E-state index contributed by atoms with van der Waals surface area (Å²) in [6, 6.07) is 13.6. The molecule has 0 spiro atoms. The highest BCUT2D eigenvalue weighted by molar-refractivity contribution is 5.54. The van der Waals surface area contributed by atoms with Crippen molar-refractivity contribution in [1.82, 2.24) is 0 Å². The lowest BCUT2D eigenvalue weighted by atomic mass is 9.84. The van der Waals surface area contributed by atoms with Crippen LogP contribution in [0.15, 0.2) is 42.5 Å². The molecule has 2 aromatic carbocycles. The Labute approximate surface area is 119 Å². The van der Waals surface area contributed by atoms with Crippen molar-refractivity contribution in [2.24, 2.45) is 0 Å². The van der Waals surface area contributed by atoms with Crippen LogP contribution in [0.5, 0.6) is 5.75 Å². The Morgan fingerprint density at radius 2 is 1.80 bits per heavy atom. The number of methoxy groups -OCH3 is 1. The molecule has 2 aromatic rings. The minimum absolute atomic E-state index is 0.705. The van der Waals surface area contributed by atoms with Gasteiger partial charge in [-0.15, -0.1) is 6.42 Å². The summed E-state index contributed by atoms with van der Waals surface area (Å²) in [6.07, 6.45) is 7.42. The Hall–Kier alpha value is -2.24. The molecule has 0 aliphatic heterocycles. The van der Waals surface area contributed by atoms with Crippen molar-refractivity contribution in [2.45, 2.75) is 18.4 Å². The Kier molecular flexibility index (Phi) is 3.00. The van der Waals surface area contributed by atoms with Crippen molar-refractivity contribution in [3.05, 3.63) is 64.7 Å². The van der Waals surface area contributed by atoms with E-state index in [1.165, 1.54) is 0 Å². The van der Waals surface area contributed by atoms with Crippen molar-refractivity contribution in [3.63, 3.8) is 0 Å². The number of ether oxygens (including phenoxy) is 1. The maximum Gasteiger partial charge on any atom is 0.177 e. The van der Waals surface area contributed by atoms with E-state index in [4.69, 9.17) is 11.2 Å². The van der Waals surface area contributed by atoms with Gasteiger partial charge in [0.15, 0.2) is 5.60 Å². The molecule has 0 radical (unpaired) electrons. The van der Waals surface area contributed by atoms with E-state index in [2.05, 4.69) is 5.92 Å². The zero-order valence-corrected chi connectivity index (χ0v) is 11.4. The van der Waals surface area contributed by atoms with Crippen LogP contribution in [0.4, 0.5) is 0 Å². The topological polar surface area (TPSA) is 29.5 Å². The van der Waals surface area contributed by atoms with E-state index in [1.807, 2.05) is 42.5 Å². The number of terminal acetylenes is 1. The van der Waals surface area contributed by atoms with Gasteiger partial charge in [0.1, 0.15) is 5.75 Å². The summed E-state index contributed by atoms with van der Waals surface area (Å²) in [4.78, 5) is 0. The molecule has 0 saturated heterocycles. The third-order valence-corrected chi connectivity index (χ3v) is 3.99. The summed E-state index contributed by atoms with van der Waals surface area (Å²) >= 11 is 0. The molecule has 0 saturated carbocycles. The Morgan fingerprint density at radius 3 is 2.50 bits per heavy atom. The highest BCUT2D eigenvalue weighted by Crippen LogP contribution is 2.38. The number of aliphatic hydroxyl groups is 1. The van der Waals surface area contributed by atoms with Crippen LogP contribution in [0.2, 0.25) is 0 Å². The Balaban J connectivity index is 2.30. The Morgan fingerprint density at radius 1 is 1.10 bits per heavy atom. The van der Waals surface area contributed by atoms with E-state index >= 15 is 0 Å². The van der Waals surface area contributed by atoms with Crippen molar-refractivity contribution in [1.29, 1.82) is 0 Å². The quantitative estimate of drug-likeness (QED) is 0.802. The minimum Gasteiger partial charge on any atom is -0.497 e. The van der Waals surface area contributed by atoms with Crippen LogP contribution in [0.3, 0.4) is 0 Å². The predicted molar refractivity (Wildman–Crippen MR) is 78.7 cm³/mol. The number of fused-ring (bicyclic) bond motifs is 2. The smallest absolute Gasteiger partial charge is 0.177 e. The third kappa shape index (κ3) is 1.79. The molecule has 2 heteroatoms. The highest BCUT2D eigenvalue weighted by Gasteiger charge is 2.35. The van der Waals surface area contributed by atoms with Gasteiger partial charge in [-0.1, -0.05) is 36.3 Å². The van der Waals surface area contributed by atoms with Gasteiger partial charge in [0, 0.05) is 11.1 Å². The number of hydrogen-bond acceptors (Lipinski definition) is 2. The van der Waals surface area contributed by atoms with Crippen LogP contribution in [-0.4, -0.2) is 12.2 Å². The largest absolute Gasteiger partial charge is 0.497 e.